The molecule has 0 saturated carbocycles. The Morgan fingerprint density at radius 3 is 2.81 bits per heavy atom. The fourth-order valence-electron chi connectivity index (χ4n) is 3.34. The lowest BCUT2D eigenvalue weighted by molar-refractivity contribution is 0.0950. The molecule has 0 aliphatic heterocycles. The van der Waals surface area contributed by atoms with Crippen LogP contribution in [0.1, 0.15) is 28.0 Å². The van der Waals surface area contributed by atoms with Crippen LogP contribution in [0, 0.1) is 5.82 Å². The van der Waals surface area contributed by atoms with E-state index in [2.05, 4.69) is 20.5 Å². The standard InChI is InChI=1S/C23H22FN5O2/c1-31-22-18(23(30)26-11-2-13-29-14-12-25-15-29)8-10-20-21(22)19(27-28-20)9-5-16-3-6-17(24)7-4-16/h3-10,12,14-15H,2,11,13H2,1H3,(H,26,30)(H,27,28)/b9-5+. The summed E-state index contributed by atoms with van der Waals surface area (Å²) in [4.78, 5) is 16.8. The molecule has 2 aromatic heterocycles. The van der Waals surface area contributed by atoms with Gasteiger partial charge in [-0.25, -0.2) is 9.37 Å². The first-order valence-corrected chi connectivity index (χ1v) is 9.88. The lowest BCUT2D eigenvalue weighted by Crippen LogP contribution is -2.25. The van der Waals surface area contributed by atoms with Gasteiger partial charge in [0.05, 0.1) is 35.6 Å². The molecule has 0 atom stereocenters. The number of nitrogens with one attached hydrogen (secondary N) is 2. The highest BCUT2D eigenvalue weighted by molar-refractivity contribution is 6.05. The summed E-state index contributed by atoms with van der Waals surface area (Å²) in [7, 11) is 1.53. The number of H-pyrrole nitrogens is 1. The van der Waals surface area contributed by atoms with E-state index >= 15 is 0 Å². The van der Waals surface area contributed by atoms with E-state index in [4.69, 9.17) is 4.74 Å². The third-order valence-electron chi connectivity index (χ3n) is 4.90. The van der Waals surface area contributed by atoms with Gasteiger partial charge in [-0.3, -0.25) is 9.89 Å². The van der Waals surface area contributed by atoms with Gasteiger partial charge in [0.1, 0.15) is 11.6 Å². The Balaban J connectivity index is 1.53. The number of halogens is 1. The second-order valence-electron chi connectivity index (χ2n) is 6.97. The molecular formula is C23H22FN5O2. The lowest BCUT2D eigenvalue weighted by Gasteiger charge is -2.11. The zero-order valence-corrected chi connectivity index (χ0v) is 17.0. The SMILES string of the molecule is COc1c(C(=O)NCCCn2ccnc2)ccc2n[nH]c(/C=C/c3ccc(F)cc3)c12. The van der Waals surface area contributed by atoms with Crippen molar-refractivity contribution in [3.8, 4) is 5.75 Å². The first-order valence-electron chi connectivity index (χ1n) is 9.88. The number of rotatable bonds is 8. The number of benzene rings is 2. The lowest BCUT2D eigenvalue weighted by atomic mass is 10.1. The molecule has 2 aromatic carbocycles. The van der Waals surface area contributed by atoms with Gasteiger partial charge >= 0.3 is 0 Å². The smallest absolute Gasteiger partial charge is 0.255 e. The van der Waals surface area contributed by atoms with E-state index in [0.29, 0.717) is 34.5 Å². The first-order chi connectivity index (χ1) is 15.2. The number of aryl methyl sites for hydroxylation is 1. The van der Waals surface area contributed by atoms with Crippen molar-refractivity contribution in [2.24, 2.45) is 0 Å². The van der Waals surface area contributed by atoms with Gasteiger partial charge < -0.3 is 14.6 Å². The van der Waals surface area contributed by atoms with Crippen molar-refractivity contribution >= 4 is 29.0 Å². The van der Waals surface area contributed by atoms with Crippen LogP contribution >= 0.6 is 0 Å². The zero-order chi connectivity index (χ0) is 21.6. The van der Waals surface area contributed by atoms with Crippen molar-refractivity contribution in [1.82, 2.24) is 25.1 Å². The van der Waals surface area contributed by atoms with Crippen molar-refractivity contribution in [2.45, 2.75) is 13.0 Å². The topological polar surface area (TPSA) is 84.8 Å². The number of carbonyl (C=O) groups is 1. The van der Waals surface area contributed by atoms with Gasteiger partial charge in [0.15, 0.2) is 0 Å². The summed E-state index contributed by atoms with van der Waals surface area (Å²) >= 11 is 0. The predicted octanol–water partition coefficient (Wildman–Crippen LogP) is 3.90. The van der Waals surface area contributed by atoms with Crippen LogP contribution in [0.15, 0.2) is 55.1 Å². The van der Waals surface area contributed by atoms with Gasteiger partial charge in [-0.15, -0.1) is 0 Å². The molecule has 0 bridgehead atoms. The minimum Gasteiger partial charge on any atom is -0.495 e. The number of carbonyl (C=O) groups excluding carboxylic acids is 1. The zero-order valence-electron chi connectivity index (χ0n) is 17.0. The third kappa shape index (κ3) is 4.63. The summed E-state index contributed by atoms with van der Waals surface area (Å²) in [5.74, 6) is -0.0392. The van der Waals surface area contributed by atoms with Crippen LogP contribution in [0.25, 0.3) is 23.1 Å². The number of aromatic nitrogens is 4. The maximum atomic E-state index is 13.1. The number of amides is 1. The van der Waals surface area contributed by atoms with Crippen LogP contribution < -0.4 is 10.1 Å². The van der Waals surface area contributed by atoms with E-state index in [-0.39, 0.29) is 11.7 Å². The van der Waals surface area contributed by atoms with Gasteiger partial charge in [-0.05, 0) is 42.3 Å². The van der Waals surface area contributed by atoms with Crippen molar-refractivity contribution < 1.29 is 13.9 Å². The molecular weight excluding hydrogens is 397 g/mol. The summed E-state index contributed by atoms with van der Waals surface area (Å²) in [5, 5.41) is 10.9. The highest BCUT2D eigenvalue weighted by atomic mass is 19.1. The summed E-state index contributed by atoms with van der Waals surface area (Å²) in [6.45, 7) is 1.30. The van der Waals surface area contributed by atoms with Crippen molar-refractivity contribution in [3.63, 3.8) is 0 Å². The molecule has 158 valence electrons. The monoisotopic (exact) mass is 419 g/mol. The van der Waals surface area contributed by atoms with E-state index in [1.165, 1.54) is 19.2 Å². The molecule has 7 nitrogen and oxygen atoms in total. The van der Waals surface area contributed by atoms with E-state index in [9.17, 15) is 9.18 Å². The maximum absolute atomic E-state index is 13.1. The highest BCUT2D eigenvalue weighted by Crippen LogP contribution is 2.32. The van der Waals surface area contributed by atoms with Crippen molar-refractivity contribution in [2.75, 3.05) is 13.7 Å². The molecule has 0 spiro atoms. The Hall–Kier alpha value is -3.94. The number of aromatic amines is 1. The normalized spacial score (nSPS) is 11.3. The van der Waals surface area contributed by atoms with E-state index in [1.54, 1.807) is 36.8 Å². The molecule has 1 amide bonds. The van der Waals surface area contributed by atoms with Crippen molar-refractivity contribution in [3.05, 3.63) is 77.8 Å². The van der Waals surface area contributed by atoms with E-state index in [0.717, 1.165) is 18.5 Å². The number of imidazole rings is 1. The van der Waals surface area contributed by atoms with Crippen LogP contribution in [0.2, 0.25) is 0 Å². The fourth-order valence-corrected chi connectivity index (χ4v) is 3.34. The summed E-state index contributed by atoms with van der Waals surface area (Å²) in [6, 6.07) is 9.67. The number of hydrogen-bond donors (Lipinski definition) is 2. The molecule has 0 aliphatic carbocycles. The van der Waals surface area contributed by atoms with Crippen LogP contribution in [0.5, 0.6) is 5.75 Å². The summed E-state index contributed by atoms with van der Waals surface area (Å²) in [5.41, 5.74) is 2.67. The second-order valence-corrected chi connectivity index (χ2v) is 6.97. The number of nitrogens with zero attached hydrogens (tertiary/aromatic N) is 3. The number of methoxy groups -OCH3 is 1. The first kappa shape index (κ1) is 20.3. The molecule has 31 heavy (non-hydrogen) atoms. The second kappa shape index (κ2) is 9.25. The van der Waals surface area contributed by atoms with E-state index < -0.39 is 0 Å². The van der Waals surface area contributed by atoms with Crippen LogP contribution in [0.3, 0.4) is 0 Å². The average Bonchev–Trinajstić information content (AvgIpc) is 3.45. The summed E-state index contributed by atoms with van der Waals surface area (Å²) < 4.78 is 20.7. The highest BCUT2D eigenvalue weighted by Gasteiger charge is 2.18. The third-order valence-corrected chi connectivity index (χ3v) is 4.90. The molecule has 0 fully saturated rings. The molecule has 2 N–H and O–H groups in total. The van der Waals surface area contributed by atoms with Gasteiger partial charge in [-0.1, -0.05) is 18.2 Å². The number of hydrogen-bond acceptors (Lipinski definition) is 4. The molecule has 0 aliphatic rings. The van der Waals surface area contributed by atoms with E-state index in [1.807, 2.05) is 22.9 Å². The Morgan fingerprint density at radius 1 is 1.23 bits per heavy atom. The Kier molecular flexibility index (Phi) is 6.07. The van der Waals surface area contributed by atoms with Crippen LogP contribution in [-0.2, 0) is 6.54 Å². The van der Waals surface area contributed by atoms with Crippen LogP contribution in [0.4, 0.5) is 4.39 Å². The van der Waals surface area contributed by atoms with Gasteiger partial charge in [0.2, 0.25) is 0 Å². The quantitative estimate of drug-likeness (QED) is 0.424. The maximum Gasteiger partial charge on any atom is 0.255 e. The average molecular weight is 419 g/mol. The van der Waals surface area contributed by atoms with Gasteiger partial charge in [-0.2, -0.15) is 5.10 Å². The fraction of sp³-hybridized carbons (Fsp3) is 0.174. The summed E-state index contributed by atoms with van der Waals surface area (Å²) in [6.07, 6.45) is 9.82. The largest absolute Gasteiger partial charge is 0.495 e. The minimum absolute atomic E-state index is 0.209. The predicted molar refractivity (Wildman–Crippen MR) is 117 cm³/mol. The van der Waals surface area contributed by atoms with Gasteiger partial charge in [0.25, 0.3) is 5.91 Å². The molecule has 2 heterocycles. The molecule has 0 radical (unpaired) electrons. The van der Waals surface area contributed by atoms with Crippen LogP contribution in [-0.4, -0.2) is 39.3 Å². The Bertz CT molecular complexity index is 1200. The molecule has 4 rings (SSSR count). The molecule has 0 saturated heterocycles. The molecule has 8 heteroatoms. The molecule has 0 unspecified atom stereocenters. The Morgan fingerprint density at radius 2 is 2.06 bits per heavy atom. The number of ether oxygens (including phenoxy) is 1. The number of fused-ring (bicyclic) bond motifs is 1. The van der Waals surface area contributed by atoms with Gasteiger partial charge in [0, 0.05) is 25.5 Å². The minimum atomic E-state index is -0.286. The Labute approximate surface area is 178 Å². The molecule has 4 aromatic rings. The van der Waals surface area contributed by atoms with Crippen molar-refractivity contribution in [1.29, 1.82) is 0 Å².